The molecule has 0 spiro atoms. The molecule has 1 aliphatic heterocycles. The van der Waals surface area contributed by atoms with Crippen molar-refractivity contribution in [1.29, 1.82) is 0 Å². The molecule has 0 saturated carbocycles. The number of nitrogens with zero attached hydrogens (tertiary/aromatic N) is 1. The first-order valence-electron chi connectivity index (χ1n) is 9.37. The first kappa shape index (κ1) is 19.1. The third-order valence-corrected chi connectivity index (χ3v) is 4.88. The van der Waals surface area contributed by atoms with Gasteiger partial charge in [-0.3, -0.25) is 9.59 Å². The van der Waals surface area contributed by atoms with E-state index in [-0.39, 0.29) is 30.4 Å². The summed E-state index contributed by atoms with van der Waals surface area (Å²) in [7, 11) is 0. The monoisotopic (exact) mass is 366 g/mol. The molecule has 5 heteroatoms. The number of hydrogen-bond acceptors (Lipinski definition) is 3. The van der Waals surface area contributed by atoms with Crippen molar-refractivity contribution in [1.82, 2.24) is 10.2 Å². The normalized spacial score (nSPS) is 17.0. The van der Waals surface area contributed by atoms with Crippen LogP contribution in [0, 0.1) is 0 Å². The third-order valence-electron chi connectivity index (χ3n) is 4.88. The van der Waals surface area contributed by atoms with Crippen LogP contribution in [0.3, 0.4) is 0 Å². The number of rotatable bonds is 6. The number of amides is 2. The number of morpholine rings is 1. The van der Waals surface area contributed by atoms with Gasteiger partial charge in [-0.25, -0.2) is 0 Å². The Morgan fingerprint density at radius 3 is 2.22 bits per heavy atom. The van der Waals surface area contributed by atoms with Crippen LogP contribution in [0.15, 0.2) is 60.7 Å². The van der Waals surface area contributed by atoms with Crippen LogP contribution in [0.2, 0.25) is 0 Å². The van der Waals surface area contributed by atoms with Crippen LogP contribution in [-0.2, 0) is 14.3 Å². The summed E-state index contributed by atoms with van der Waals surface area (Å²) in [5.41, 5.74) is 2.49. The van der Waals surface area contributed by atoms with E-state index < -0.39 is 0 Å². The summed E-state index contributed by atoms with van der Waals surface area (Å²) in [5.74, 6) is -0.0429. The van der Waals surface area contributed by atoms with Gasteiger partial charge in [-0.2, -0.15) is 0 Å². The number of benzene rings is 2. The van der Waals surface area contributed by atoms with Gasteiger partial charge in [-0.15, -0.1) is 0 Å². The lowest BCUT2D eigenvalue weighted by Gasteiger charge is -2.35. The molecule has 1 heterocycles. The van der Waals surface area contributed by atoms with Crippen LogP contribution in [0.4, 0.5) is 0 Å². The van der Waals surface area contributed by atoms with Crippen molar-refractivity contribution in [2.45, 2.75) is 25.4 Å². The molecular formula is C22H26N2O3. The highest BCUT2D eigenvalue weighted by Gasteiger charge is 2.27. The van der Waals surface area contributed by atoms with Crippen LogP contribution in [0.1, 0.15) is 30.4 Å². The minimum Gasteiger partial charge on any atom is -0.375 e. The Kier molecular flexibility index (Phi) is 6.60. The van der Waals surface area contributed by atoms with Gasteiger partial charge in [0.25, 0.3) is 0 Å². The van der Waals surface area contributed by atoms with E-state index in [2.05, 4.69) is 53.8 Å². The molecule has 3 rings (SSSR count). The molecule has 0 radical (unpaired) electrons. The van der Waals surface area contributed by atoms with Crippen molar-refractivity contribution >= 4 is 11.8 Å². The van der Waals surface area contributed by atoms with Crippen molar-refractivity contribution < 1.29 is 14.3 Å². The van der Waals surface area contributed by atoms with Crippen LogP contribution in [-0.4, -0.2) is 49.1 Å². The molecule has 1 saturated heterocycles. The zero-order valence-electron chi connectivity index (χ0n) is 15.6. The Bertz CT molecular complexity index is 709. The van der Waals surface area contributed by atoms with E-state index in [0.29, 0.717) is 19.7 Å². The lowest BCUT2D eigenvalue weighted by molar-refractivity contribution is -0.139. The second-order valence-electron chi connectivity index (χ2n) is 6.85. The van der Waals surface area contributed by atoms with Gasteiger partial charge in [0, 0.05) is 25.9 Å². The Hall–Kier alpha value is -2.66. The summed E-state index contributed by atoms with van der Waals surface area (Å²) >= 11 is 0. The Labute approximate surface area is 160 Å². The van der Waals surface area contributed by atoms with Crippen LogP contribution >= 0.6 is 0 Å². The molecule has 0 aromatic heterocycles. The molecule has 0 unspecified atom stereocenters. The molecule has 0 aliphatic carbocycles. The second-order valence-corrected chi connectivity index (χ2v) is 6.85. The molecule has 1 aliphatic rings. The van der Waals surface area contributed by atoms with E-state index in [1.165, 1.54) is 18.1 Å². The maximum absolute atomic E-state index is 12.3. The smallest absolute Gasteiger partial charge is 0.242 e. The fraction of sp³-hybridized carbons (Fsp3) is 0.364. The van der Waals surface area contributed by atoms with Crippen molar-refractivity contribution in [2.75, 3.05) is 26.2 Å². The Balaban J connectivity index is 1.70. The van der Waals surface area contributed by atoms with Crippen LogP contribution < -0.4 is 5.32 Å². The predicted octanol–water partition coefficient (Wildman–Crippen LogP) is 2.57. The minimum absolute atomic E-state index is 0.0366. The van der Waals surface area contributed by atoms with Gasteiger partial charge in [0.15, 0.2) is 0 Å². The van der Waals surface area contributed by atoms with Gasteiger partial charge in [0.1, 0.15) is 0 Å². The summed E-state index contributed by atoms with van der Waals surface area (Å²) < 4.78 is 5.98. The zero-order valence-corrected chi connectivity index (χ0v) is 15.6. The predicted molar refractivity (Wildman–Crippen MR) is 104 cm³/mol. The summed E-state index contributed by atoms with van der Waals surface area (Å²) in [6.07, 6.45) is 0.767. The number of nitrogens with one attached hydrogen (secondary N) is 1. The highest BCUT2D eigenvalue weighted by Crippen LogP contribution is 2.30. The molecule has 142 valence electrons. The molecule has 2 aromatic rings. The van der Waals surface area contributed by atoms with Gasteiger partial charge in [-0.1, -0.05) is 60.7 Å². The molecule has 0 bridgehead atoms. The molecule has 27 heavy (non-hydrogen) atoms. The highest BCUT2D eigenvalue weighted by molar-refractivity contribution is 5.83. The average molecular weight is 366 g/mol. The van der Waals surface area contributed by atoms with Gasteiger partial charge in [0.05, 0.1) is 19.3 Å². The standard InChI is InChI=1S/C22H26N2O3/c1-17(25)23-15-22(26)24-12-13-27-20(16-24)14-21(18-8-4-2-5-9-18)19-10-6-3-7-11-19/h2-11,20-21H,12-16H2,1H3,(H,23,25)/t20-/m0/s1. The number of ether oxygens (including phenoxy) is 1. The SMILES string of the molecule is CC(=O)NCC(=O)N1CCO[C@@H](CC(c2ccccc2)c2ccccc2)C1. The molecule has 1 N–H and O–H groups in total. The first-order valence-corrected chi connectivity index (χ1v) is 9.37. The van der Waals surface area contributed by atoms with E-state index in [9.17, 15) is 9.59 Å². The van der Waals surface area contributed by atoms with Gasteiger partial charge >= 0.3 is 0 Å². The molecule has 1 fully saturated rings. The van der Waals surface area contributed by atoms with Crippen LogP contribution in [0.25, 0.3) is 0 Å². The van der Waals surface area contributed by atoms with Crippen molar-refractivity contribution in [3.63, 3.8) is 0 Å². The van der Waals surface area contributed by atoms with Crippen molar-refractivity contribution in [3.05, 3.63) is 71.8 Å². The number of hydrogen-bond donors (Lipinski definition) is 1. The van der Waals surface area contributed by atoms with Crippen LogP contribution in [0.5, 0.6) is 0 Å². The lowest BCUT2D eigenvalue weighted by Crippen LogP contribution is -2.49. The molecule has 5 nitrogen and oxygen atoms in total. The molecule has 2 amide bonds. The maximum atomic E-state index is 12.3. The topological polar surface area (TPSA) is 58.6 Å². The van der Waals surface area contributed by atoms with Gasteiger partial charge in [-0.05, 0) is 17.5 Å². The van der Waals surface area contributed by atoms with Crippen molar-refractivity contribution in [2.24, 2.45) is 0 Å². The summed E-state index contributed by atoms with van der Waals surface area (Å²) in [6.45, 7) is 3.10. The Morgan fingerprint density at radius 1 is 1.07 bits per heavy atom. The fourth-order valence-corrected chi connectivity index (χ4v) is 3.50. The maximum Gasteiger partial charge on any atom is 0.242 e. The van der Waals surface area contributed by atoms with E-state index in [0.717, 1.165) is 6.42 Å². The van der Waals surface area contributed by atoms with Gasteiger partial charge < -0.3 is 15.0 Å². The minimum atomic E-state index is -0.193. The average Bonchev–Trinajstić information content (AvgIpc) is 2.71. The quantitative estimate of drug-likeness (QED) is 0.855. The second kappa shape index (κ2) is 9.33. The molecular weight excluding hydrogens is 340 g/mol. The number of carbonyl (C=O) groups excluding carboxylic acids is 2. The highest BCUT2D eigenvalue weighted by atomic mass is 16.5. The fourth-order valence-electron chi connectivity index (χ4n) is 3.50. The van der Waals surface area contributed by atoms with E-state index in [1.807, 2.05) is 12.1 Å². The van der Waals surface area contributed by atoms with Crippen molar-refractivity contribution in [3.8, 4) is 0 Å². The van der Waals surface area contributed by atoms with E-state index in [1.54, 1.807) is 4.90 Å². The van der Waals surface area contributed by atoms with Gasteiger partial charge in [0.2, 0.25) is 11.8 Å². The first-order chi connectivity index (χ1) is 13.1. The largest absolute Gasteiger partial charge is 0.375 e. The lowest BCUT2D eigenvalue weighted by atomic mass is 9.86. The Morgan fingerprint density at radius 2 is 1.67 bits per heavy atom. The molecule has 1 atom stereocenters. The summed E-state index contributed by atoms with van der Waals surface area (Å²) in [4.78, 5) is 25.2. The van der Waals surface area contributed by atoms with E-state index in [4.69, 9.17) is 4.74 Å². The summed E-state index contributed by atoms with van der Waals surface area (Å²) in [6, 6.07) is 20.8. The zero-order chi connectivity index (χ0) is 19.1. The van der Waals surface area contributed by atoms with E-state index >= 15 is 0 Å². The third kappa shape index (κ3) is 5.41. The summed E-state index contributed by atoms with van der Waals surface area (Å²) in [5, 5.41) is 2.58. The number of carbonyl (C=O) groups is 2. The molecule has 2 aromatic carbocycles.